The molecule has 0 aliphatic heterocycles. The zero-order valence-corrected chi connectivity index (χ0v) is 15.4. The number of aliphatic hydroxyl groups excluding tert-OH is 1. The molecule has 1 aliphatic rings. The number of fused-ring (bicyclic) bond motifs is 1. The van der Waals surface area contributed by atoms with Gasteiger partial charge in [0.05, 0.1) is 12.4 Å². The minimum absolute atomic E-state index is 0.0518. The summed E-state index contributed by atoms with van der Waals surface area (Å²) in [7, 11) is 0. The highest BCUT2D eigenvalue weighted by molar-refractivity contribution is 6.10. The van der Waals surface area contributed by atoms with Gasteiger partial charge >= 0.3 is 0 Å². The van der Waals surface area contributed by atoms with Crippen molar-refractivity contribution in [1.82, 2.24) is 24.5 Å². The van der Waals surface area contributed by atoms with Gasteiger partial charge in [-0.2, -0.15) is 0 Å². The molecule has 3 aromatic heterocycles. The molecule has 0 aromatic carbocycles. The summed E-state index contributed by atoms with van der Waals surface area (Å²) in [5.74, 6) is -0.321. The first-order valence-electron chi connectivity index (χ1n) is 8.74. The van der Waals surface area contributed by atoms with Crippen LogP contribution < -0.4 is 11.5 Å². The predicted octanol–water partition coefficient (Wildman–Crippen LogP) is 2.28. The molecule has 4 rings (SSSR count). The average Bonchev–Trinajstić information content (AvgIpc) is 2.97. The Balaban J connectivity index is 2.04. The van der Waals surface area contributed by atoms with Gasteiger partial charge < -0.3 is 16.6 Å². The third kappa shape index (κ3) is 2.59. The van der Waals surface area contributed by atoms with Crippen LogP contribution in [0.25, 0.3) is 28.2 Å². The standard InChI is InChI=1S/C19H19N7O2/c1-9-3-4-13(27)10(2)16(9)26-17(20)14(18(21)28)15-19(26)24-8-12(25-15)11-7-22-5-6-23-11/h4-9,27H,3,20H2,1-2H3,(H2,21,28)/t9-/m1/s1. The molecule has 9 heteroatoms. The van der Waals surface area contributed by atoms with E-state index in [1.807, 2.05) is 6.92 Å². The fourth-order valence-corrected chi connectivity index (χ4v) is 3.54. The van der Waals surface area contributed by atoms with Crippen LogP contribution in [0, 0.1) is 5.92 Å². The van der Waals surface area contributed by atoms with Crippen LogP contribution in [0.4, 0.5) is 5.82 Å². The first-order chi connectivity index (χ1) is 13.4. The largest absolute Gasteiger partial charge is 0.508 e. The minimum atomic E-state index is -0.701. The van der Waals surface area contributed by atoms with Crippen LogP contribution in [0.2, 0.25) is 0 Å². The van der Waals surface area contributed by atoms with Crippen LogP contribution in [0.1, 0.15) is 30.6 Å². The van der Waals surface area contributed by atoms with Gasteiger partial charge in [-0.15, -0.1) is 0 Å². The Morgan fingerprint density at radius 2 is 2.04 bits per heavy atom. The summed E-state index contributed by atoms with van der Waals surface area (Å²) in [5.41, 5.74) is 15.1. The van der Waals surface area contributed by atoms with Crippen LogP contribution in [0.5, 0.6) is 0 Å². The Morgan fingerprint density at radius 3 is 2.71 bits per heavy atom. The summed E-state index contributed by atoms with van der Waals surface area (Å²) in [6.45, 7) is 3.81. The van der Waals surface area contributed by atoms with E-state index in [0.717, 1.165) is 5.70 Å². The molecular weight excluding hydrogens is 358 g/mol. The number of rotatable bonds is 3. The Labute approximate surface area is 160 Å². The van der Waals surface area contributed by atoms with Gasteiger partial charge in [0.1, 0.15) is 34.0 Å². The predicted molar refractivity (Wildman–Crippen MR) is 105 cm³/mol. The number of anilines is 1. The van der Waals surface area contributed by atoms with Crippen LogP contribution in [0.3, 0.4) is 0 Å². The Kier molecular flexibility index (Phi) is 4.07. The van der Waals surface area contributed by atoms with Gasteiger partial charge in [0.2, 0.25) is 0 Å². The van der Waals surface area contributed by atoms with Crippen molar-refractivity contribution in [3.63, 3.8) is 0 Å². The molecule has 0 saturated carbocycles. The zero-order valence-electron chi connectivity index (χ0n) is 15.4. The molecule has 5 N–H and O–H groups in total. The van der Waals surface area contributed by atoms with Gasteiger partial charge in [-0.1, -0.05) is 6.92 Å². The number of amides is 1. The van der Waals surface area contributed by atoms with E-state index in [-0.39, 0.29) is 28.6 Å². The number of primary amides is 1. The molecular formula is C19H19N7O2. The lowest BCUT2D eigenvalue weighted by molar-refractivity contribution is 0.100. The molecule has 3 heterocycles. The molecule has 0 radical (unpaired) electrons. The minimum Gasteiger partial charge on any atom is -0.508 e. The normalized spacial score (nSPS) is 17.1. The van der Waals surface area contributed by atoms with E-state index in [2.05, 4.69) is 19.9 Å². The molecule has 0 bridgehead atoms. The lowest BCUT2D eigenvalue weighted by atomic mass is 9.93. The van der Waals surface area contributed by atoms with Crippen molar-refractivity contribution >= 4 is 28.6 Å². The van der Waals surface area contributed by atoms with Gasteiger partial charge in [-0.3, -0.25) is 19.3 Å². The first kappa shape index (κ1) is 17.7. The number of nitrogens with zero attached hydrogens (tertiary/aromatic N) is 5. The Bertz CT molecular complexity index is 1160. The van der Waals surface area contributed by atoms with Gasteiger partial charge in [-0.05, 0) is 19.4 Å². The van der Waals surface area contributed by atoms with Crippen LogP contribution in [0.15, 0.2) is 42.2 Å². The molecule has 28 heavy (non-hydrogen) atoms. The fraction of sp³-hybridized carbons (Fsp3) is 0.211. The fourth-order valence-electron chi connectivity index (χ4n) is 3.54. The molecule has 0 fully saturated rings. The maximum absolute atomic E-state index is 12.2. The number of aliphatic hydroxyl groups is 1. The third-order valence-corrected chi connectivity index (χ3v) is 4.91. The lowest BCUT2D eigenvalue weighted by Crippen LogP contribution is -2.17. The maximum Gasteiger partial charge on any atom is 0.254 e. The van der Waals surface area contributed by atoms with E-state index in [4.69, 9.17) is 11.5 Å². The summed E-state index contributed by atoms with van der Waals surface area (Å²) in [5, 5.41) is 10.2. The van der Waals surface area contributed by atoms with E-state index in [1.165, 1.54) is 0 Å². The molecule has 1 amide bonds. The van der Waals surface area contributed by atoms with Crippen molar-refractivity contribution in [2.24, 2.45) is 11.7 Å². The summed E-state index contributed by atoms with van der Waals surface area (Å²) in [6, 6.07) is 0. The molecule has 1 atom stereocenters. The van der Waals surface area contributed by atoms with E-state index >= 15 is 0 Å². The van der Waals surface area contributed by atoms with Crippen molar-refractivity contribution in [2.45, 2.75) is 20.3 Å². The number of carbonyl (C=O) groups is 1. The van der Waals surface area contributed by atoms with Crippen LogP contribution in [-0.2, 0) is 0 Å². The zero-order chi connectivity index (χ0) is 20.0. The monoisotopic (exact) mass is 377 g/mol. The number of nitrogens with two attached hydrogens (primary N) is 2. The molecule has 3 aromatic rings. The van der Waals surface area contributed by atoms with Gasteiger partial charge in [0.25, 0.3) is 5.91 Å². The Morgan fingerprint density at radius 1 is 1.25 bits per heavy atom. The van der Waals surface area contributed by atoms with Crippen molar-refractivity contribution in [3.05, 3.63) is 47.8 Å². The quantitative estimate of drug-likeness (QED) is 0.634. The highest BCUT2D eigenvalue weighted by Gasteiger charge is 2.29. The average molecular weight is 377 g/mol. The molecule has 142 valence electrons. The molecule has 0 saturated heterocycles. The summed E-state index contributed by atoms with van der Waals surface area (Å²) < 4.78 is 1.66. The number of allylic oxidation sites excluding steroid dienone is 3. The van der Waals surface area contributed by atoms with Gasteiger partial charge in [-0.25, -0.2) is 9.97 Å². The van der Waals surface area contributed by atoms with Crippen molar-refractivity contribution in [2.75, 3.05) is 5.73 Å². The van der Waals surface area contributed by atoms with Gasteiger partial charge in [0.15, 0.2) is 5.65 Å². The highest BCUT2D eigenvalue weighted by Crippen LogP contribution is 2.38. The topological polar surface area (TPSA) is 146 Å². The maximum atomic E-state index is 12.2. The van der Waals surface area contributed by atoms with Crippen molar-refractivity contribution < 1.29 is 9.90 Å². The third-order valence-electron chi connectivity index (χ3n) is 4.91. The molecule has 9 nitrogen and oxygen atoms in total. The van der Waals surface area contributed by atoms with Crippen LogP contribution in [-0.4, -0.2) is 35.5 Å². The highest BCUT2D eigenvalue weighted by atomic mass is 16.3. The number of hydrogen-bond acceptors (Lipinski definition) is 7. The molecule has 0 spiro atoms. The number of nitrogen functional groups attached to an aromatic ring is 1. The number of aromatic nitrogens is 5. The summed E-state index contributed by atoms with van der Waals surface area (Å²) >= 11 is 0. The van der Waals surface area contributed by atoms with Gasteiger partial charge in [0, 0.05) is 29.6 Å². The lowest BCUT2D eigenvalue weighted by Gasteiger charge is -2.24. The second-order valence-electron chi connectivity index (χ2n) is 6.71. The van der Waals surface area contributed by atoms with Crippen molar-refractivity contribution in [1.29, 1.82) is 0 Å². The SMILES string of the molecule is CC1=C(n2c(N)c(C(N)=O)c3nc(-c4cnccn4)cnc32)[C@H](C)CC=C1O. The molecule has 1 aliphatic carbocycles. The molecule has 0 unspecified atom stereocenters. The number of carbonyl (C=O) groups excluding carboxylic acids is 1. The smallest absolute Gasteiger partial charge is 0.254 e. The van der Waals surface area contributed by atoms with E-state index < -0.39 is 5.91 Å². The van der Waals surface area contributed by atoms with Crippen molar-refractivity contribution in [3.8, 4) is 11.4 Å². The second-order valence-corrected chi connectivity index (χ2v) is 6.71. The van der Waals surface area contributed by atoms with Crippen LogP contribution >= 0.6 is 0 Å². The van der Waals surface area contributed by atoms with E-state index in [1.54, 1.807) is 42.4 Å². The summed E-state index contributed by atoms with van der Waals surface area (Å²) in [6.07, 6.45) is 8.60. The first-order valence-corrected chi connectivity index (χ1v) is 8.74. The second kappa shape index (κ2) is 6.45. The Hall–Kier alpha value is -3.75. The number of hydrogen-bond donors (Lipinski definition) is 3. The summed E-state index contributed by atoms with van der Waals surface area (Å²) in [4.78, 5) is 29.5. The van der Waals surface area contributed by atoms with E-state index in [0.29, 0.717) is 29.0 Å². The van der Waals surface area contributed by atoms with E-state index in [9.17, 15) is 9.90 Å².